The Bertz CT molecular complexity index is 478. The highest BCUT2D eigenvalue weighted by molar-refractivity contribution is 7.84. The van der Waals surface area contributed by atoms with Gasteiger partial charge in [-0.3, -0.25) is 4.21 Å². The average Bonchev–Trinajstić information content (AvgIpc) is 2.49. The molecule has 1 aliphatic rings. The molecule has 0 saturated carbocycles. The predicted octanol–water partition coefficient (Wildman–Crippen LogP) is 1.93. The van der Waals surface area contributed by atoms with Crippen molar-refractivity contribution in [3.05, 3.63) is 17.8 Å². The number of anilines is 1. The van der Waals surface area contributed by atoms with Gasteiger partial charge >= 0.3 is 0 Å². The van der Waals surface area contributed by atoms with Gasteiger partial charge in [-0.25, -0.2) is 0 Å². The van der Waals surface area contributed by atoms with Crippen LogP contribution in [0, 0.1) is 5.92 Å². The fourth-order valence-corrected chi connectivity index (χ4v) is 3.30. The van der Waals surface area contributed by atoms with Crippen molar-refractivity contribution in [2.24, 2.45) is 5.92 Å². The molecule has 0 aromatic carbocycles. The van der Waals surface area contributed by atoms with Crippen LogP contribution >= 0.6 is 0 Å². The molecule has 1 aromatic rings. The normalized spacial score (nSPS) is 21.0. The molecule has 0 unspecified atom stereocenters. The van der Waals surface area contributed by atoms with E-state index in [2.05, 4.69) is 40.3 Å². The quantitative estimate of drug-likeness (QED) is 0.830. The molecule has 2 rings (SSSR count). The SMILES string of the molecule is CC(C)N1CCC[C@@H](Cc2ccc(NCC[S@](C)=O)nn2)C1. The molecule has 5 nitrogen and oxygen atoms in total. The summed E-state index contributed by atoms with van der Waals surface area (Å²) in [5.74, 6) is 2.09. The van der Waals surface area contributed by atoms with Gasteiger partial charge in [0.05, 0.1) is 5.69 Å². The van der Waals surface area contributed by atoms with Gasteiger partial charge in [0.1, 0.15) is 5.82 Å². The number of aromatic nitrogens is 2. The molecule has 124 valence electrons. The number of nitrogens with one attached hydrogen (secondary N) is 1. The van der Waals surface area contributed by atoms with Crippen LogP contribution < -0.4 is 5.32 Å². The maximum Gasteiger partial charge on any atom is 0.148 e. The molecule has 0 spiro atoms. The number of piperidine rings is 1. The van der Waals surface area contributed by atoms with Crippen LogP contribution in [0.4, 0.5) is 5.82 Å². The van der Waals surface area contributed by atoms with Crippen LogP contribution in [0.25, 0.3) is 0 Å². The lowest BCUT2D eigenvalue weighted by atomic mass is 9.92. The van der Waals surface area contributed by atoms with Crippen LogP contribution in [0.2, 0.25) is 0 Å². The van der Waals surface area contributed by atoms with E-state index in [0.717, 1.165) is 17.9 Å². The first-order chi connectivity index (χ1) is 10.5. The molecule has 1 N–H and O–H groups in total. The third-order valence-electron chi connectivity index (χ3n) is 4.19. The Labute approximate surface area is 136 Å². The van der Waals surface area contributed by atoms with Crippen LogP contribution in [0.5, 0.6) is 0 Å². The molecule has 1 saturated heterocycles. The highest BCUT2D eigenvalue weighted by Crippen LogP contribution is 2.21. The van der Waals surface area contributed by atoms with Gasteiger partial charge in [-0.15, -0.1) is 5.10 Å². The summed E-state index contributed by atoms with van der Waals surface area (Å²) >= 11 is 0. The van der Waals surface area contributed by atoms with E-state index in [1.165, 1.54) is 25.9 Å². The number of likely N-dealkylation sites (tertiary alicyclic amines) is 1. The molecule has 6 heteroatoms. The van der Waals surface area contributed by atoms with Crippen LogP contribution in [0.1, 0.15) is 32.4 Å². The number of hydrogen-bond donors (Lipinski definition) is 1. The third kappa shape index (κ3) is 5.65. The first-order valence-corrected chi connectivity index (χ1v) is 9.88. The second-order valence-electron chi connectivity index (χ2n) is 6.42. The van der Waals surface area contributed by atoms with E-state index < -0.39 is 10.8 Å². The van der Waals surface area contributed by atoms with Gasteiger partial charge < -0.3 is 10.2 Å². The zero-order chi connectivity index (χ0) is 15.9. The van der Waals surface area contributed by atoms with E-state index in [1.54, 1.807) is 6.26 Å². The summed E-state index contributed by atoms with van der Waals surface area (Å²) in [6, 6.07) is 4.67. The van der Waals surface area contributed by atoms with E-state index in [9.17, 15) is 4.21 Å². The summed E-state index contributed by atoms with van der Waals surface area (Å²) in [5.41, 5.74) is 1.07. The molecule has 1 fully saturated rings. The molecule has 0 radical (unpaired) electrons. The van der Waals surface area contributed by atoms with Gasteiger partial charge in [-0.1, -0.05) is 0 Å². The van der Waals surface area contributed by atoms with Crippen molar-refractivity contribution in [2.75, 3.05) is 37.0 Å². The summed E-state index contributed by atoms with van der Waals surface area (Å²) in [7, 11) is -0.771. The minimum Gasteiger partial charge on any atom is -0.368 e. The van der Waals surface area contributed by atoms with Crippen molar-refractivity contribution in [3.63, 3.8) is 0 Å². The molecular weight excluding hydrogens is 296 g/mol. The Morgan fingerprint density at radius 1 is 1.41 bits per heavy atom. The third-order valence-corrected chi connectivity index (χ3v) is 4.97. The lowest BCUT2D eigenvalue weighted by Crippen LogP contribution is -2.40. The monoisotopic (exact) mass is 324 g/mol. The number of nitrogens with zero attached hydrogens (tertiary/aromatic N) is 3. The van der Waals surface area contributed by atoms with Crippen molar-refractivity contribution < 1.29 is 4.21 Å². The fraction of sp³-hybridized carbons (Fsp3) is 0.750. The molecule has 1 aromatic heterocycles. The topological polar surface area (TPSA) is 58.1 Å². The molecule has 1 aliphatic heterocycles. The molecule has 2 heterocycles. The highest BCUT2D eigenvalue weighted by atomic mass is 32.2. The molecule has 0 bridgehead atoms. The largest absolute Gasteiger partial charge is 0.368 e. The zero-order valence-corrected chi connectivity index (χ0v) is 14.7. The van der Waals surface area contributed by atoms with E-state index in [-0.39, 0.29) is 0 Å². The smallest absolute Gasteiger partial charge is 0.148 e. The van der Waals surface area contributed by atoms with E-state index >= 15 is 0 Å². The fourth-order valence-electron chi connectivity index (χ4n) is 2.91. The van der Waals surface area contributed by atoms with Crippen LogP contribution in [0.3, 0.4) is 0 Å². The Kier molecular flexibility index (Phi) is 6.76. The second kappa shape index (κ2) is 8.58. The second-order valence-corrected chi connectivity index (χ2v) is 7.97. The molecular formula is C16H28N4OS. The first kappa shape index (κ1) is 17.3. The molecule has 2 atom stereocenters. The zero-order valence-electron chi connectivity index (χ0n) is 13.9. The molecule has 0 aliphatic carbocycles. The Morgan fingerprint density at radius 3 is 2.86 bits per heavy atom. The van der Waals surface area contributed by atoms with Crippen LogP contribution in [-0.2, 0) is 17.2 Å². The molecule has 22 heavy (non-hydrogen) atoms. The molecule has 0 amide bonds. The van der Waals surface area contributed by atoms with Crippen molar-refractivity contribution in [1.82, 2.24) is 15.1 Å². The summed E-state index contributed by atoms with van der Waals surface area (Å²) < 4.78 is 11.0. The minimum atomic E-state index is -0.771. The van der Waals surface area contributed by atoms with Gasteiger partial charge in [-0.05, 0) is 57.7 Å². The Hall–Kier alpha value is -1.01. The van der Waals surface area contributed by atoms with Crippen molar-refractivity contribution in [1.29, 1.82) is 0 Å². The van der Waals surface area contributed by atoms with E-state index in [4.69, 9.17) is 0 Å². The predicted molar refractivity (Wildman–Crippen MR) is 92.6 cm³/mol. The summed E-state index contributed by atoms with van der Waals surface area (Å²) in [6.07, 6.45) is 5.29. The standard InChI is InChI=1S/C16H28N4OS/c1-13(2)20-9-4-5-14(12-20)11-15-6-7-16(19-18-15)17-8-10-22(3)21/h6-7,13-14H,4-5,8-12H2,1-3H3,(H,17,19)/t14-,22-/m0/s1. The van der Waals surface area contributed by atoms with Gasteiger partial charge in [0.15, 0.2) is 0 Å². The van der Waals surface area contributed by atoms with E-state index in [0.29, 0.717) is 24.3 Å². The summed E-state index contributed by atoms with van der Waals surface area (Å²) in [6.45, 7) is 7.60. The first-order valence-electron chi connectivity index (χ1n) is 8.15. The van der Waals surface area contributed by atoms with Gasteiger partial charge in [0.2, 0.25) is 0 Å². The van der Waals surface area contributed by atoms with E-state index in [1.807, 2.05) is 6.07 Å². The maximum absolute atomic E-state index is 11.0. The Morgan fingerprint density at radius 2 is 2.23 bits per heavy atom. The number of hydrogen-bond acceptors (Lipinski definition) is 5. The Balaban J connectivity index is 1.81. The van der Waals surface area contributed by atoms with Crippen molar-refractivity contribution >= 4 is 16.6 Å². The van der Waals surface area contributed by atoms with Crippen LogP contribution in [0.15, 0.2) is 12.1 Å². The van der Waals surface area contributed by atoms with Gasteiger partial charge in [0.25, 0.3) is 0 Å². The summed E-state index contributed by atoms with van der Waals surface area (Å²) in [5, 5.41) is 11.7. The lowest BCUT2D eigenvalue weighted by Gasteiger charge is -2.35. The highest BCUT2D eigenvalue weighted by Gasteiger charge is 2.22. The maximum atomic E-state index is 11.0. The minimum absolute atomic E-state index is 0.629. The average molecular weight is 324 g/mol. The van der Waals surface area contributed by atoms with Crippen molar-refractivity contribution in [3.8, 4) is 0 Å². The van der Waals surface area contributed by atoms with Gasteiger partial charge in [-0.2, -0.15) is 5.10 Å². The lowest BCUT2D eigenvalue weighted by molar-refractivity contribution is 0.139. The van der Waals surface area contributed by atoms with Gasteiger partial charge in [0, 0.05) is 41.9 Å². The summed E-state index contributed by atoms with van der Waals surface area (Å²) in [4.78, 5) is 2.56. The van der Waals surface area contributed by atoms with Crippen LogP contribution in [-0.4, -0.2) is 57.0 Å². The van der Waals surface area contributed by atoms with Crippen molar-refractivity contribution in [2.45, 2.75) is 39.2 Å². The number of rotatable bonds is 7.